The molecule has 1 saturated heterocycles. The van der Waals surface area contributed by atoms with Crippen LogP contribution in [0.25, 0.3) is 0 Å². The van der Waals surface area contributed by atoms with Gasteiger partial charge in [-0.25, -0.2) is 4.79 Å². The molecule has 0 aromatic heterocycles. The number of urea groups is 1. The van der Waals surface area contributed by atoms with Gasteiger partial charge in [-0.3, -0.25) is 4.79 Å². The zero-order chi connectivity index (χ0) is 27.2. The molecule has 3 N–H and O–H groups in total. The Balaban J connectivity index is 1.28. The van der Waals surface area contributed by atoms with Crippen molar-refractivity contribution in [2.75, 3.05) is 42.8 Å². The SMILES string of the molecule is COc1ccc(NC(=O)Nc2ccc(N3CCC(Cc4ccccc4)CC3)c(C(=O)NC3CC3)c2)c(OC)c1. The number of hydrogen-bond acceptors (Lipinski definition) is 5. The van der Waals surface area contributed by atoms with Crippen molar-refractivity contribution >= 4 is 29.0 Å². The van der Waals surface area contributed by atoms with Gasteiger partial charge < -0.3 is 30.3 Å². The number of nitrogens with zero attached hydrogens (tertiary/aromatic N) is 1. The number of ether oxygens (including phenoxy) is 2. The van der Waals surface area contributed by atoms with Crippen molar-refractivity contribution < 1.29 is 19.1 Å². The topological polar surface area (TPSA) is 91.9 Å². The summed E-state index contributed by atoms with van der Waals surface area (Å²) in [5.74, 6) is 1.65. The Morgan fingerprint density at radius 3 is 2.33 bits per heavy atom. The van der Waals surface area contributed by atoms with Crippen LogP contribution in [0, 0.1) is 5.92 Å². The summed E-state index contributed by atoms with van der Waals surface area (Å²) in [5, 5.41) is 8.79. The number of nitrogens with one attached hydrogen (secondary N) is 3. The van der Waals surface area contributed by atoms with Gasteiger partial charge in [0.25, 0.3) is 5.91 Å². The third kappa shape index (κ3) is 6.82. The van der Waals surface area contributed by atoms with Gasteiger partial charge in [0.05, 0.1) is 25.5 Å². The minimum Gasteiger partial charge on any atom is -0.497 e. The van der Waals surface area contributed by atoms with Gasteiger partial charge in [0.1, 0.15) is 11.5 Å². The van der Waals surface area contributed by atoms with Crippen LogP contribution in [-0.4, -0.2) is 45.3 Å². The number of piperidine rings is 1. The lowest BCUT2D eigenvalue weighted by Gasteiger charge is -2.35. The van der Waals surface area contributed by atoms with Gasteiger partial charge in [-0.1, -0.05) is 30.3 Å². The number of benzene rings is 3. The highest BCUT2D eigenvalue weighted by atomic mass is 16.5. The van der Waals surface area contributed by atoms with Crippen LogP contribution in [0.1, 0.15) is 41.6 Å². The Hall–Kier alpha value is -4.20. The van der Waals surface area contributed by atoms with E-state index in [1.165, 1.54) is 12.7 Å². The van der Waals surface area contributed by atoms with E-state index in [4.69, 9.17) is 9.47 Å². The maximum absolute atomic E-state index is 13.2. The summed E-state index contributed by atoms with van der Waals surface area (Å²) < 4.78 is 10.6. The smallest absolute Gasteiger partial charge is 0.323 e. The van der Waals surface area contributed by atoms with E-state index in [0.29, 0.717) is 34.4 Å². The van der Waals surface area contributed by atoms with Gasteiger partial charge in [0, 0.05) is 36.6 Å². The fraction of sp³-hybridized carbons (Fsp3) is 0.355. The second kappa shape index (κ2) is 12.1. The van der Waals surface area contributed by atoms with Crippen LogP contribution in [0.15, 0.2) is 66.7 Å². The molecule has 1 heterocycles. The number of amides is 3. The molecule has 0 unspecified atom stereocenters. The molecule has 0 atom stereocenters. The summed E-state index contributed by atoms with van der Waals surface area (Å²) in [5.41, 5.74) is 3.93. The third-order valence-electron chi connectivity index (χ3n) is 7.39. The molecule has 0 bridgehead atoms. The van der Waals surface area contributed by atoms with Gasteiger partial charge in [-0.2, -0.15) is 0 Å². The molecule has 0 radical (unpaired) electrons. The molecule has 1 aliphatic heterocycles. The molecule has 39 heavy (non-hydrogen) atoms. The van der Waals surface area contributed by atoms with E-state index in [2.05, 4.69) is 51.2 Å². The summed E-state index contributed by atoms with van der Waals surface area (Å²) >= 11 is 0. The molecule has 8 nitrogen and oxygen atoms in total. The summed E-state index contributed by atoms with van der Waals surface area (Å²) in [6.45, 7) is 1.79. The molecule has 2 fully saturated rings. The highest BCUT2D eigenvalue weighted by Crippen LogP contribution is 2.32. The number of carbonyl (C=O) groups is 2. The number of methoxy groups -OCH3 is 2. The molecule has 3 aromatic carbocycles. The normalized spacial score (nSPS) is 15.4. The number of carbonyl (C=O) groups excluding carboxylic acids is 2. The first-order chi connectivity index (χ1) is 19.0. The molecule has 3 amide bonds. The van der Waals surface area contributed by atoms with Crippen LogP contribution in [0.3, 0.4) is 0 Å². The fourth-order valence-electron chi connectivity index (χ4n) is 5.07. The first-order valence-corrected chi connectivity index (χ1v) is 13.6. The molecule has 5 rings (SSSR count). The van der Waals surface area contributed by atoms with Crippen LogP contribution >= 0.6 is 0 Å². The van der Waals surface area contributed by atoms with Gasteiger partial charge in [-0.15, -0.1) is 0 Å². The lowest BCUT2D eigenvalue weighted by Crippen LogP contribution is -2.36. The molecular weight excluding hydrogens is 492 g/mol. The predicted molar refractivity (Wildman–Crippen MR) is 154 cm³/mol. The highest BCUT2D eigenvalue weighted by Gasteiger charge is 2.28. The van der Waals surface area contributed by atoms with Crippen molar-refractivity contribution in [2.45, 2.75) is 38.1 Å². The van der Waals surface area contributed by atoms with Crippen LogP contribution < -0.4 is 30.3 Å². The quantitative estimate of drug-likeness (QED) is 0.331. The zero-order valence-corrected chi connectivity index (χ0v) is 22.5. The monoisotopic (exact) mass is 528 g/mol. The Morgan fingerprint density at radius 1 is 0.872 bits per heavy atom. The molecule has 2 aliphatic rings. The largest absolute Gasteiger partial charge is 0.497 e. The maximum Gasteiger partial charge on any atom is 0.323 e. The minimum absolute atomic E-state index is 0.0974. The van der Waals surface area contributed by atoms with E-state index in [9.17, 15) is 9.59 Å². The van der Waals surface area contributed by atoms with E-state index in [-0.39, 0.29) is 11.9 Å². The molecule has 8 heteroatoms. The summed E-state index contributed by atoms with van der Waals surface area (Å²) in [6, 6.07) is 21.2. The molecule has 1 saturated carbocycles. The second-order valence-corrected chi connectivity index (χ2v) is 10.2. The van der Waals surface area contributed by atoms with Gasteiger partial charge in [0.15, 0.2) is 0 Å². The van der Waals surface area contributed by atoms with Crippen molar-refractivity contribution in [2.24, 2.45) is 5.92 Å². The zero-order valence-electron chi connectivity index (χ0n) is 22.5. The van der Waals surface area contributed by atoms with Crippen LogP contribution in [0.2, 0.25) is 0 Å². The Morgan fingerprint density at radius 2 is 1.64 bits per heavy atom. The highest BCUT2D eigenvalue weighted by molar-refractivity contribution is 6.04. The lowest BCUT2D eigenvalue weighted by atomic mass is 9.89. The second-order valence-electron chi connectivity index (χ2n) is 10.2. The molecule has 1 aliphatic carbocycles. The van der Waals surface area contributed by atoms with Crippen molar-refractivity contribution in [3.05, 3.63) is 77.9 Å². The van der Waals surface area contributed by atoms with Crippen LogP contribution in [0.5, 0.6) is 11.5 Å². The standard InChI is InChI=1S/C31H36N4O4/c1-38-25-11-12-27(29(20-25)39-2)34-31(37)33-24-10-13-28(26(19-24)30(36)32-23-8-9-23)35-16-14-22(15-17-35)18-21-6-4-3-5-7-21/h3-7,10-13,19-20,22-23H,8-9,14-18H2,1-2H3,(H,32,36)(H2,33,34,37). The summed E-state index contributed by atoms with van der Waals surface area (Å²) in [7, 11) is 3.11. The maximum atomic E-state index is 13.2. The first-order valence-electron chi connectivity index (χ1n) is 13.6. The van der Waals surface area contributed by atoms with Crippen LogP contribution in [-0.2, 0) is 6.42 Å². The van der Waals surface area contributed by atoms with Crippen molar-refractivity contribution in [3.63, 3.8) is 0 Å². The van der Waals surface area contributed by atoms with Gasteiger partial charge in [0.2, 0.25) is 0 Å². The average Bonchev–Trinajstić information content (AvgIpc) is 3.78. The van der Waals surface area contributed by atoms with Crippen molar-refractivity contribution in [1.29, 1.82) is 0 Å². The third-order valence-corrected chi connectivity index (χ3v) is 7.39. The molecule has 204 valence electrons. The number of hydrogen-bond donors (Lipinski definition) is 3. The Labute approximate surface area is 229 Å². The summed E-state index contributed by atoms with van der Waals surface area (Å²) in [4.78, 5) is 28.4. The first kappa shape index (κ1) is 26.4. The van der Waals surface area contributed by atoms with Gasteiger partial charge in [-0.05, 0) is 73.9 Å². The van der Waals surface area contributed by atoms with Crippen molar-refractivity contribution in [1.82, 2.24) is 5.32 Å². The van der Waals surface area contributed by atoms with E-state index in [1.807, 2.05) is 12.1 Å². The molecule has 3 aromatic rings. The predicted octanol–water partition coefficient (Wildman–Crippen LogP) is 5.70. The Bertz CT molecular complexity index is 1300. The van der Waals surface area contributed by atoms with E-state index < -0.39 is 6.03 Å². The van der Waals surface area contributed by atoms with E-state index in [1.54, 1.807) is 31.4 Å². The van der Waals surface area contributed by atoms with E-state index >= 15 is 0 Å². The van der Waals surface area contributed by atoms with Crippen LogP contribution in [0.4, 0.5) is 21.9 Å². The molecule has 0 spiro atoms. The molecular formula is C31H36N4O4. The number of anilines is 3. The Kier molecular flexibility index (Phi) is 8.20. The van der Waals surface area contributed by atoms with Crippen molar-refractivity contribution in [3.8, 4) is 11.5 Å². The fourth-order valence-corrected chi connectivity index (χ4v) is 5.07. The van der Waals surface area contributed by atoms with E-state index in [0.717, 1.165) is 50.9 Å². The number of rotatable bonds is 9. The minimum atomic E-state index is -0.429. The summed E-state index contributed by atoms with van der Waals surface area (Å²) in [6.07, 6.45) is 5.25. The van der Waals surface area contributed by atoms with Gasteiger partial charge >= 0.3 is 6.03 Å². The lowest BCUT2D eigenvalue weighted by molar-refractivity contribution is 0.0951. The average molecular weight is 529 g/mol.